The number of carbonyl (C=O) groups excluding carboxylic acids is 1. The van der Waals surface area contributed by atoms with Gasteiger partial charge in [0.1, 0.15) is 0 Å². The SMILES string of the molecule is CCCc1[nH]nc(C(=O)N(C)C(CC)CC)c1N. The van der Waals surface area contributed by atoms with Crippen LogP contribution < -0.4 is 5.73 Å². The first-order valence-electron chi connectivity index (χ1n) is 6.66. The van der Waals surface area contributed by atoms with Gasteiger partial charge in [0, 0.05) is 13.1 Å². The van der Waals surface area contributed by atoms with E-state index in [9.17, 15) is 4.79 Å². The number of amides is 1. The molecule has 1 aromatic heterocycles. The van der Waals surface area contributed by atoms with Gasteiger partial charge in [-0.3, -0.25) is 9.89 Å². The number of hydrogen-bond acceptors (Lipinski definition) is 3. The molecule has 0 fully saturated rings. The lowest BCUT2D eigenvalue weighted by molar-refractivity contribution is 0.0719. The fraction of sp³-hybridized carbons (Fsp3) is 0.692. The van der Waals surface area contributed by atoms with Crippen molar-refractivity contribution in [1.82, 2.24) is 15.1 Å². The summed E-state index contributed by atoms with van der Waals surface area (Å²) in [7, 11) is 1.81. The third kappa shape index (κ3) is 2.83. The second kappa shape index (κ2) is 6.42. The summed E-state index contributed by atoms with van der Waals surface area (Å²) in [6, 6.07) is 0.239. The molecule has 0 aliphatic rings. The van der Waals surface area contributed by atoms with E-state index in [0.717, 1.165) is 31.4 Å². The van der Waals surface area contributed by atoms with Gasteiger partial charge in [0.25, 0.3) is 5.91 Å². The van der Waals surface area contributed by atoms with Crippen LogP contribution in [0, 0.1) is 0 Å². The van der Waals surface area contributed by atoms with E-state index in [1.54, 1.807) is 4.90 Å². The van der Waals surface area contributed by atoms with Crippen LogP contribution in [0.3, 0.4) is 0 Å². The first-order chi connectivity index (χ1) is 8.56. The Balaban J connectivity index is 2.90. The highest BCUT2D eigenvalue weighted by atomic mass is 16.2. The molecule has 0 saturated carbocycles. The summed E-state index contributed by atoms with van der Waals surface area (Å²) in [6.45, 7) is 6.22. The van der Waals surface area contributed by atoms with Gasteiger partial charge in [-0.1, -0.05) is 27.2 Å². The van der Waals surface area contributed by atoms with Crippen molar-refractivity contribution in [2.75, 3.05) is 12.8 Å². The third-order valence-corrected chi connectivity index (χ3v) is 3.40. The van der Waals surface area contributed by atoms with Gasteiger partial charge in [0.15, 0.2) is 5.69 Å². The van der Waals surface area contributed by atoms with Gasteiger partial charge in [0.2, 0.25) is 0 Å². The number of carbonyl (C=O) groups is 1. The summed E-state index contributed by atoms with van der Waals surface area (Å²) in [4.78, 5) is 14.0. The van der Waals surface area contributed by atoms with Crippen LogP contribution in [0.15, 0.2) is 0 Å². The van der Waals surface area contributed by atoms with Crippen LogP contribution >= 0.6 is 0 Å². The van der Waals surface area contributed by atoms with Crippen molar-refractivity contribution >= 4 is 11.6 Å². The van der Waals surface area contributed by atoms with Crippen molar-refractivity contribution < 1.29 is 4.79 Å². The maximum Gasteiger partial charge on any atom is 0.276 e. The molecule has 1 aromatic rings. The number of aryl methyl sites for hydroxylation is 1. The standard InChI is InChI=1S/C13H24N4O/c1-5-8-10-11(14)12(16-15-10)13(18)17(4)9(6-2)7-3/h9H,5-8,14H2,1-4H3,(H,15,16). The number of nitrogens with one attached hydrogen (secondary N) is 1. The third-order valence-electron chi connectivity index (χ3n) is 3.40. The lowest BCUT2D eigenvalue weighted by Gasteiger charge is -2.25. The Morgan fingerprint density at radius 3 is 2.50 bits per heavy atom. The highest BCUT2D eigenvalue weighted by molar-refractivity contribution is 5.97. The zero-order chi connectivity index (χ0) is 13.7. The smallest absolute Gasteiger partial charge is 0.276 e. The largest absolute Gasteiger partial charge is 0.395 e. The molecule has 5 heteroatoms. The topological polar surface area (TPSA) is 75.0 Å². The van der Waals surface area contributed by atoms with E-state index in [0.29, 0.717) is 11.4 Å². The molecule has 1 rings (SSSR count). The van der Waals surface area contributed by atoms with Crippen LogP contribution in [0.25, 0.3) is 0 Å². The number of aromatic amines is 1. The van der Waals surface area contributed by atoms with Crippen LogP contribution in [-0.2, 0) is 6.42 Å². The molecule has 0 aliphatic carbocycles. The van der Waals surface area contributed by atoms with Gasteiger partial charge in [-0.05, 0) is 19.3 Å². The molecule has 0 spiro atoms. The number of nitrogen functional groups attached to an aromatic ring is 1. The number of rotatable bonds is 6. The molecule has 102 valence electrons. The first kappa shape index (κ1) is 14.5. The van der Waals surface area contributed by atoms with Gasteiger partial charge in [0.05, 0.1) is 11.4 Å². The number of nitrogens with zero attached hydrogens (tertiary/aromatic N) is 2. The van der Waals surface area contributed by atoms with E-state index in [2.05, 4.69) is 31.0 Å². The van der Waals surface area contributed by atoms with E-state index in [1.165, 1.54) is 0 Å². The fourth-order valence-electron chi connectivity index (χ4n) is 2.16. The Bertz CT molecular complexity index is 396. The van der Waals surface area contributed by atoms with Crippen LogP contribution in [0.2, 0.25) is 0 Å². The Morgan fingerprint density at radius 2 is 2.00 bits per heavy atom. The lowest BCUT2D eigenvalue weighted by atomic mass is 10.1. The molecule has 1 amide bonds. The summed E-state index contributed by atoms with van der Waals surface area (Å²) >= 11 is 0. The molecule has 1 heterocycles. The van der Waals surface area contributed by atoms with Crippen LogP contribution in [-0.4, -0.2) is 34.1 Å². The maximum absolute atomic E-state index is 12.3. The van der Waals surface area contributed by atoms with E-state index < -0.39 is 0 Å². The minimum absolute atomic E-state index is 0.0974. The summed E-state index contributed by atoms with van der Waals surface area (Å²) < 4.78 is 0. The molecule has 0 radical (unpaired) electrons. The summed E-state index contributed by atoms with van der Waals surface area (Å²) in [6.07, 6.45) is 3.67. The first-order valence-corrected chi connectivity index (χ1v) is 6.66. The summed E-state index contributed by atoms with van der Waals surface area (Å²) in [5, 5.41) is 6.93. The zero-order valence-corrected chi connectivity index (χ0v) is 11.8. The van der Waals surface area contributed by atoms with Gasteiger partial charge in [-0.25, -0.2) is 0 Å². The number of hydrogen-bond donors (Lipinski definition) is 2. The number of nitrogens with two attached hydrogens (primary N) is 1. The zero-order valence-electron chi connectivity index (χ0n) is 11.8. The van der Waals surface area contributed by atoms with Crippen molar-refractivity contribution in [3.05, 3.63) is 11.4 Å². The highest BCUT2D eigenvalue weighted by Gasteiger charge is 2.23. The van der Waals surface area contributed by atoms with E-state index in [4.69, 9.17) is 5.73 Å². The van der Waals surface area contributed by atoms with Crippen LogP contribution in [0.4, 0.5) is 5.69 Å². The molecule has 0 aromatic carbocycles. The molecule has 0 bridgehead atoms. The van der Waals surface area contributed by atoms with E-state index >= 15 is 0 Å². The predicted octanol–water partition coefficient (Wildman–Crippen LogP) is 2.21. The van der Waals surface area contributed by atoms with E-state index in [1.807, 2.05) is 7.05 Å². The average molecular weight is 252 g/mol. The van der Waals surface area contributed by atoms with Gasteiger partial charge < -0.3 is 10.6 Å². The Labute approximate surface area is 109 Å². The molecule has 18 heavy (non-hydrogen) atoms. The number of aromatic nitrogens is 2. The number of anilines is 1. The van der Waals surface area contributed by atoms with Crippen LogP contribution in [0.1, 0.15) is 56.2 Å². The fourth-order valence-corrected chi connectivity index (χ4v) is 2.16. The molecule has 0 unspecified atom stereocenters. The maximum atomic E-state index is 12.3. The Morgan fingerprint density at radius 1 is 1.39 bits per heavy atom. The molecule has 0 atom stereocenters. The normalized spacial score (nSPS) is 10.9. The van der Waals surface area contributed by atoms with E-state index in [-0.39, 0.29) is 11.9 Å². The second-order valence-corrected chi connectivity index (χ2v) is 4.60. The second-order valence-electron chi connectivity index (χ2n) is 4.60. The highest BCUT2D eigenvalue weighted by Crippen LogP contribution is 2.19. The molecule has 0 saturated heterocycles. The van der Waals surface area contributed by atoms with Crippen molar-refractivity contribution in [2.24, 2.45) is 0 Å². The van der Waals surface area contributed by atoms with Gasteiger partial charge in [-0.2, -0.15) is 5.10 Å². The summed E-state index contributed by atoms with van der Waals surface area (Å²) in [5.41, 5.74) is 7.68. The number of H-pyrrole nitrogens is 1. The van der Waals surface area contributed by atoms with Gasteiger partial charge in [-0.15, -0.1) is 0 Å². The minimum Gasteiger partial charge on any atom is -0.395 e. The quantitative estimate of drug-likeness (QED) is 0.815. The molecule has 3 N–H and O–H groups in total. The Kier molecular flexibility index (Phi) is 5.19. The lowest BCUT2D eigenvalue weighted by Crippen LogP contribution is -2.36. The van der Waals surface area contributed by atoms with Crippen molar-refractivity contribution in [3.8, 4) is 0 Å². The summed E-state index contributed by atoms with van der Waals surface area (Å²) in [5.74, 6) is -0.0974. The molecular weight excluding hydrogens is 228 g/mol. The van der Waals surface area contributed by atoms with Crippen molar-refractivity contribution in [2.45, 2.75) is 52.5 Å². The Hall–Kier alpha value is -1.52. The average Bonchev–Trinajstić information content (AvgIpc) is 2.72. The van der Waals surface area contributed by atoms with Crippen molar-refractivity contribution in [1.29, 1.82) is 0 Å². The predicted molar refractivity (Wildman–Crippen MR) is 73.5 cm³/mol. The molecule has 5 nitrogen and oxygen atoms in total. The van der Waals surface area contributed by atoms with Crippen molar-refractivity contribution in [3.63, 3.8) is 0 Å². The van der Waals surface area contributed by atoms with Crippen LogP contribution in [0.5, 0.6) is 0 Å². The monoisotopic (exact) mass is 252 g/mol. The molecule has 0 aliphatic heterocycles. The molecular formula is C13H24N4O. The minimum atomic E-state index is -0.0974. The van der Waals surface area contributed by atoms with Gasteiger partial charge >= 0.3 is 0 Å².